The maximum Gasteiger partial charge on any atom is 0.191 e. The zero-order valence-corrected chi connectivity index (χ0v) is 8.91. The molecule has 74 valence electrons. The summed E-state index contributed by atoms with van der Waals surface area (Å²) in [5.41, 5.74) is 0. The van der Waals surface area contributed by atoms with E-state index in [4.69, 9.17) is 0 Å². The predicted molar refractivity (Wildman–Crippen MR) is 58.4 cm³/mol. The fourth-order valence-electron chi connectivity index (χ4n) is 1.49. The van der Waals surface area contributed by atoms with Gasteiger partial charge in [-0.05, 0) is 25.5 Å². The Morgan fingerprint density at radius 1 is 1.62 bits per heavy atom. The van der Waals surface area contributed by atoms with Crippen molar-refractivity contribution in [2.45, 2.75) is 24.0 Å². The summed E-state index contributed by atoms with van der Waals surface area (Å²) >= 11 is 1.98. The Morgan fingerprint density at radius 2 is 2.46 bits per heavy atom. The van der Waals surface area contributed by atoms with Gasteiger partial charge in [-0.15, -0.1) is 0 Å². The molecule has 0 spiro atoms. The van der Waals surface area contributed by atoms with Gasteiger partial charge in [0.1, 0.15) is 0 Å². The topological polar surface area (TPSA) is 36.4 Å². The normalized spacial score (nSPS) is 24.5. The van der Waals surface area contributed by atoms with Crippen molar-refractivity contribution in [2.24, 2.45) is 4.99 Å². The first-order chi connectivity index (χ1) is 6.35. The van der Waals surface area contributed by atoms with Gasteiger partial charge in [0, 0.05) is 24.4 Å². The first-order valence-corrected chi connectivity index (χ1v) is 6.14. The molecule has 2 aliphatic rings. The molecule has 0 radical (unpaired) electrons. The fourth-order valence-corrected chi connectivity index (χ4v) is 2.22. The number of hydrogen-bond acceptors (Lipinski definition) is 4. The van der Waals surface area contributed by atoms with E-state index < -0.39 is 0 Å². The molecule has 1 aliphatic carbocycles. The number of guanidine groups is 1. The highest BCUT2D eigenvalue weighted by Crippen LogP contribution is 2.46. The van der Waals surface area contributed by atoms with E-state index >= 15 is 0 Å². The third-order valence-electron chi connectivity index (χ3n) is 2.72. The minimum Gasteiger partial charge on any atom is -0.356 e. The maximum atomic E-state index is 4.38. The van der Waals surface area contributed by atoms with Gasteiger partial charge in [-0.3, -0.25) is 4.99 Å². The van der Waals surface area contributed by atoms with Crippen LogP contribution in [-0.2, 0) is 0 Å². The monoisotopic (exact) mass is 199 g/mol. The molecule has 0 aromatic rings. The van der Waals surface area contributed by atoms with E-state index in [0.717, 1.165) is 25.6 Å². The Morgan fingerprint density at radius 3 is 3.00 bits per heavy atom. The van der Waals surface area contributed by atoms with E-state index in [9.17, 15) is 0 Å². The molecule has 0 atom stereocenters. The van der Waals surface area contributed by atoms with Crippen molar-refractivity contribution in [1.29, 1.82) is 0 Å². The van der Waals surface area contributed by atoms with Crippen LogP contribution in [0.15, 0.2) is 4.99 Å². The van der Waals surface area contributed by atoms with Crippen molar-refractivity contribution in [2.75, 3.05) is 25.9 Å². The first-order valence-electron chi connectivity index (χ1n) is 4.92. The molecule has 2 N–H and O–H groups in total. The average molecular weight is 199 g/mol. The number of nitrogens with zero attached hydrogens (tertiary/aromatic N) is 1. The number of hydrogen-bond donors (Lipinski definition) is 2. The largest absolute Gasteiger partial charge is 0.356 e. The molecular formula is C9H17N3S. The van der Waals surface area contributed by atoms with Crippen molar-refractivity contribution in [3.63, 3.8) is 0 Å². The van der Waals surface area contributed by atoms with Crippen LogP contribution in [0, 0.1) is 0 Å². The SMILES string of the molecule is CSC1(CNC2=NCCCN2)CC1. The smallest absolute Gasteiger partial charge is 0.191 e. The van der Waals surface area contributed by atoms with Crippen LogP contribution < -0.4 is 10.6 Å². The lowest BCUT2D eigenvalue weighted by atomic mass is 10.4. The summed E-state index contributed by atoms with van der Waals surface area (Å²) in [7, 11) is 0. The Bertz CT molecular complexity index is 211. The first kappa shape index (κ1) is 9.19. The predicted octanol–water partition coefficient (Wildman–Crippen LogP) is 0.821. The molecule has 1 aliphatic heterocycles. The van der Waals surface area contributed by atoms with Crippen LogP contribution >= 0.6 is 11.8 Å². The Hall–Kier alpha value is -0.380. The van der Waals surface area contributed by atoms with Crippen LogP contribution in [0.4, 0.5) is 0 Å². The fraction of sp³-hybridized carbons (Fsp3) is 0.889. The van der Waals surface area contributed by atoms with E-state index in [0.29, 0.717) is 4.75 Å². The van der Waals surface area contributed by atoms with Gasteiger partial charge >= 0.3 is 0 Å². The summed E-state index contributed by atoms with van der Waals surface area (Å²) in [6, 6.07) is 0. The molecule has 0 amide bonds. The van der Waals surface area contributed by atoms with E-state index in [1.165, 1.54) is 19.3 Å². The van der Waals surface area contributed by atoms with Crippen LogP contribution in [-0.4, -0.2) is 36.6 Å². The van der Waals surface area contributed by atoms with Crippen molar-refractivity contribution in [3.05, 3.63) is 0 Å². The molecule has 3 nitrogen and oxygen atoms in total. The van der Waals surface area contributed by atoms with Crippen molar-refractivity contribution in [3.8, 4) is 0 Å². The summed E-state index contributed by atoms with van der Waals surface area (Å²) in [6.07, 6.45) is 6.08. The van der Waals surface area contributed by atoms with Gasteiger partial charge in [0.05, 0.1) is 0 Å². The minimum atomic E-state index is 0.529. The van der Waals surface area contributed by atoms with Crippen LogP contribution in [0.25, 0.3) is 0 Å². The highest BCUT2D eigenvalue weighted by Gasteiger charge is 2.41. The van der Waals surface area contributed by atoms with Crippen LogP contribution in [0.2, 0.25) is 0 Å². The van der Waals surface area contributed by atoms with Gasteiger partial charge in [0.25, 0.3) is 0 Å². The third kappa shape index (κ3) is 2.30. The summed E-state index contributed by atoms with van der Waals surface area (Å²) in [5, 5.41) is 6.67. The molecule has 1 fully saturated rings. The molecule has 4 heteroatoms. The third-order valence-corrected chi connectivity index (χ3v) is 4.13. The number of aliphatic imine (C=N–C) groups is 1. The molecule has 1 heterocycles. The number of nitrogens with one attached hydrogen (secondary N) is 2. The zero-order chi connectivity index (χ0) is 9.15. The van der Waals surface area contributed by atoms with Crippen LogP contribution in [0.3, 0.4) is 0 Å². The molecule has 0 aromatic carbocycles. The van der Waals surface area contributed by atoms with Crippen molar-refractivity contribution in [1.82, 2.24) is 10.6 Å². The lowest BCUT2D eigenvalue weighted by molar-refractivity contribution is 0.692. The van der Waals surface area contributed by atoms with Gasteiger partial charge in [-0.2, -0.15) is 11.8 Å². The van der Waals surface area contributed by atoms with E-state index in [-0.39, 0.29) is 0 Å². The molecule has 13 heavy (non-hydrogen) atoms. The van der Waals surface area contributed by atoms with E-state index in [2.05, 4.69) is 21.9 Å². The molecule has 1 saturated carbocycles. The van der Waals surface area contributed by atoms with Crippen LogP contribution in [0.1, 0.15) is 19.3 Å². The van der Waals surface area contributed by atoms with Gasteiger partial charge in [-0.1, -0.05) is 0 Å². The molecule has 0 saturated heterocycles. The molecule has 0 aromatic heterocycles. The second-order valence-electron chi connectivity index (χ2n) is 3.75. The lowest BCUT2D eigenvalue weighted by Crippen LogP contribution is -2.43. The number of rotatable bonds is 3. The molecule has 0 unspecified atom stereocenters. The highest BCUT2D eigenvalue weighted by molar-refractivity contribution is 8.00. The van der Waals surface area contributed by atoms with Gasteiger partial charge in [-0.25, -0.2) is 0 Å². The average Bonchev–Trinajstić information content (AvgIpc) is 2.97. The van der Waals surface area contributed by atoms with Gasteiger partial charge in [0.2, 0.25) is 0 Å². The Kier molecular flexibility index (Phi) is 2.67. The quantitative estimate of drug-likeness (QED) is 0.706. The number of thioether (sulfide) groups is 1. The van der Waals surface area contributed by atoms with Crippen molar-refractivity contribution < 1.29 is 0 Å². The summed E-state index contributed by atoms with van der Waals surface area (Å²) in [6.45, 7) is 3.11. The molecular weight excluding hydrogens is 182 g/mol. The van der Waals surface area contributed by atoms with Gasteiger partial charge in [0.15, 0.2) is 5.96 Å². The maximum absolute atomic E-state index is 4.38. The summed E-state index contributed by atoms with van der Waals surface area (Å²) in [5.74, 6) is 1.01. The summed E-state index contributed by atoms with van der Waals surface area (Å²) in [4.78, 5) is 4.38. The van der Waals surface area contributed by atoms with E-state index in [1.807, 2.05) is 11.8 Å². The van der Waals surface area contributed by atoms with Crippen LogP contribution in [0.5, 0.6) is 0 Å². The zero-order valence-electron chi connectivity index (χ0n) is 8.10. The molecule has 2 rings (SSSR count). The van der Waals surface area contributed by atoms with Gasteiger partial charge < -0.3 is 10.6 Å². The van der Waals surface area contributed by atoms with Crippen molar-refractivity contribution >= 4 is 17.7 Å². The minimum absolute atomic E-state index is 0.529. The second kappa shape index (κ2) is 3.78. The van der Waals surface area contributed by atoms with E-state index in [1.54, 1.807) is 0 Å². The molecule has 0 bridgehead atoms. The highest BCUT2D eigenvalue weighted by atomic mass is 32.2. The lowest BCUT2D eigenvalue weighted by Gasteiger charge is -2.19. The standard InChI is InChI=1S/C9H17N3S/c1-13-9(3-4-9)7-12-8-10-5-2-6-11-8/h2-7H2,1H3,(H2,10,11,12). The second-order valence-corrected chi connectivity index (χ2v) is 5.03. The Balaban J connectivity index is 1.75. The summed E-state index contributed by atoms with van der Waals surface area (Å²) < 4.78 is 0.529. The Labute approximate surface area is 83.8 Å².